The Morgan fingerprint density at radius 3 is 1.64 bits per heavy atom. The van der Waals surface area contributed by atoms with Crippen molar-refractivity contribution < 1.29 is 0 Å². The van der Waals surface area contributed by atoms with Crippen LogP contribution >= 0.6 is 0 Å². The fraction of sp³-hybridized carbons (Fsp3) is 0. The quantitative estimate of drug-likeness (QED) is 0.221. The predicted molar refractivity (Wildman–Crippen MR) is 177 cm³/mol. The number of pyridine rings is 1. The Balaban J connectivity index is 1.44. The molecule has 1 heterocycles. The van der Waals surface area contributed by atoms with E-state index in [-0.39, 0.29) is 0 Å². The Labute approximate surface area is 244 Å². The van der Waals surface area contributed by atoms with Crippen LogP contribution in [-0.2, 0) is 0 Å². The summed E-state index contributed by atoms with van der Waals surface area (Å²) in [7, 11) is 0. The minimum atomic E-state index is 1.02. The first-order valence-corrected chi connectivity index (χ1v) is 14.5. The van der Waals surface area contributed by atoms with Crippen molar-refractivity contribution in [1.29, 1.82) is 0 Å². The van der Waals surface area contributed by atoms with Gasteiger partial charge in [-0.15, -0.1) is 0 Å². The molecule has 1 nitrogen and oxygen atoms in total. The molecule has 9 rings (SSSR count). The molecule has 0 aliphatic heterocycles. The molecule has 42 heavy (non-hydrogen) atoms. The highest BCUT2D eigenvalue weighted by Gasteiger charge is 2.31. The van der Waals surface area contributed by atoms with Gasteiger partial charge in [-0.05, 0) is 89.3 Å². The van der Waals surface area contributed by atoms with E-state index in [2.05, 4.69) is 145 Å². The predicted octanol–water partition coefficient (Wildman–Crippen LogP) is 11.2. The van der Waals surface area contributed by atoms with Gasteiger partial charge >= 0.3 is 0 Å². The Bertz CT molecular complexity index is 2240. The normalized spacial score (nSPS) is 11.8. The van der Waals surface area contributed by atoms with Crippen molar-refractivity contribution in [2.75, 3.05) is 0 Å². The van der Waals surface area contributed by atoms with Gasteiger partial charge in [-0.25, -0.2) is 0 Å². The molecule has 0 N–H and O–H groups in total. The van der Waals surface area contributed by atoms with Gasteiger partial charge in [0.2, 0.25) is 0 Å². The molecular weight excluding hydrogens is 506 g/mol. The Hall–Kier alpha value is -5.53. The van der Waals surface area contributed by atoms with Gasteiger partial charge in [0.05, 0.1) is 5.52 Å². The van der Waals surface area contributed by atoms with Gasteiger partial charge in [0.1, 0.15) is 0 Å². The largest absolute Gasteiger partial charge is 0.256 e. The van der Waals surface area contributed by atoms with Crippen LogP contribution in [0.4, 0.5) is 0 Å². The minimum absolute atomic E-state index is 1.02. The van der Waals surface area contributed by atoms with Crippen LogP contribution in [0.5, 0.6) is 0 Å². The lowest BCUT2D eigenvalue weighted by atomic mass is 9.82. The molecule has 0 spiro atoms. The van der Waals surface area contributed by atoms with E-state index in [0.717, 1.165) is 10.9 Å². The van der Waals surface area contributed by atoms with Crippen LogP contribution in [-0.4, -0.2) is 4.98 Å². The van der Waals surface area contributed by atoms with Crippen LogP contribution < -0.4 is 0 Å². The van der Waals surface area contributed by atoms with Crippen LogP contribution in [0.2, 0.25) is 0 Å². The summed E-state index contributed by atoms with van der Waals surface area (Å²) in [5.74, 6) is 0. The smallest absolute Gasteiger partial charge is 0.0708 e. The van der Waals surface area contributed by atoms with Gasteiger partial charge in [0.15, 0.2) is 0 Å². The SMILES string of the molecule is c1ccc(-c2c3c(c(-c4ccccc4)c4ccccc24)-c2ccc(-c4ccc5cccnc5c4)c4cccc-3c24)cc1. The summed E-state index contributed by atoms with van der Waals surface area (Å²) in [5.41, 5.74) is 13.8. The van der Waals surface area contributed by atoms with Crippen LogP contribution in [0.15, 0.2) is 152 Å². The number of aromatic nitrogens is 1. The highest BCUT2D eigenvalue weighted by Crippen LogP contribution is 2.58. The van der Waals surface area contributed by atoms with Gasteiger partial charge in [-0.3, -0.25) is 4.98 Å². The second-order valence-corrected chi connectivity index (χ2v) is 11.1. The summed E-state index contributed by atoms with van der Waals surface area (Å²) < 4.78 is 0. The van der Waals surface area contributed by atoms with Crippen molar-refractivity contribution in [3.8, 4) is 55.6 Å². The molecule has 0 bridgehead atoms. The van der Waals surface area contributed by atoms with E-state index in [0.29, 0.717) is 0 Å². The van der Waals surface area contributed by atoms with Crippen molar-refractivity contribution in [3.05, 3.63) is 152 Å². The Morgan fingerprint density at radius 2 is 0.952 bits per heavy atom. The highest BCUT2D eigenvalue weighted by atomic mass is 14.6. The van der Waals surface area contributed by atoms with Crippen LogP contribution in [0, 0.1) is 0 Å². The van der Waals surface area contributed by atoms with E-state index < -0.39 is 0 Å². The Kier molecular flexibility index (Phi) is 4.97. The van der Waals surface area contributed by atoms with Crippen molar-refractivity contribution in [2.45, 2.75) is 0 Å². The van der Waals surface area contributed by atoms with E-state index in [1.807, 2.05) is 12.3 Å². The zero-order valence-electron chi connectivity index (χ0n) is 22.9. The van der Waals surface area contributed by atoms with Crippen molar-refractivity contribution in [2.24, 2.45) is 0 Å². The fourth-order valence-corrected chi connectivity index (χ4v) is 7.10. The second kappa shape index (κ2) is 8.99. The molecular formula is C41H25N. The van der Waals surface area contributed by atoms with Crippen molar-refractivity contribution in [3.63, 3.8) is 0 Å². The first kappa shape index (κ1) is 23.2. The minimum Gasteiger partial charge on any atom is -0.256 e. The van der Waals surface area contributed by atoms with Gasteiger partial charge in [-0.2, -0.15) is 0 Å². The van der Waals surface area contributed by atoms with Gasteiger partial charge in [0, 0.05) is 11.6 Å². The maximum Gasteiger partial charge on any atom is 0.0708 e. The Morgan fingerprint density at radius 1 is 0.357 bits per heavy atom. The van der Waals surface area contributed by atoms with E-state index >= 15 is 0 Å². The number of nitrogens with zero attached hydrogens (tertiary/aromatic N) is 1. The topological polar surface area (TPSA) is 12.9 Å². The third kappa shape index (κ3) is 3.28. The second-order valence-electron chi connectivity index (χ2n) is 11.1. The molecule has 1 aromatic heterocycles. The van der Waals surface area contributed by atoms with Gasteiger partial charge in [-0.1, -0.05) is 133 Å². The van der Waals surface area contributed by atoms with E-state index in [4.69, 9.17) is 0 Å². The molecule has 0 amide bonds. The molecule has 194 valence electrons. The zero-order chi connectivity index (χ0) is 27.6. The zero-order valence-corrected chi connectivity index (χ0v) is 22.9. The van der Waals surface area contributed by atoms with Crippen molar-refractivity contribution >= 4 is 32.4 Å². The molecule has 1 aliphatic carbocycles. The third-order valence-electron chi connectivity index (χ3n) is 8.84. The van der Waals surface area contributed by atoms with Crippen LogP contribution in [0.1, 0.15) is 0 Å². The summed E-state index contributed by atoms with van der Waals surface area (Å²) in [6, 6.07) is 53.0. The number of rotatable bonds is 3. The summed E-state index contributed by atoms with van der Waals surface area (Å²) in [4.78, 5) is 4.65. The molecule has 0 saturated heterocycles. The van der Waals surface area contributed by atoms with Gasteiger partial charge in [0.25, 0.3) is 0 Å². The number of fused-ring (bicyclic) bond motifs is 5. The fourth-order valence-electron chi connectivity index (χ4n) is 7.10. The summed E-state index contributed by atoms with van der Waals surface area (Å²) in [6.07, 6.45) is 1.87. The standard InChI is InChI=1S/C41H25N/c1-3-11-27(12-4-1)37-32-16-7-8-17-33(32)38(28-13-5-2-6-14-28)41-35-23-22-30(31-18-9-19-34(39(31)35)40(37)41)29-21-20-26-15-10-24-42-36(26)25-29/h1-25H. The molecule has 0 fully saturated rings. The number of hydrogen-bond donors (Lipinski definition) is 0. The molecule has 0 atom stereocenters. The molecule has 0 radical (unpaired) electrons. The molecule has 0 unspecified atom stereocenters. The molecule has 7 aromatic carbocycles. The molecule has 8 aromatic rings. The molecule has 1 aliphatic rings. The lowest BCUT2D eigenvalue weighted by molar-refractivity contribution is 1.41. The first-order chi connectivity index (χ1) is 20.9. The van der Waals surface area contributed by atoms with E-state index in [1.54, 1.807) is 0 Å². The van der Waals surface area contributed by atoms with Crippen LogP contribution in [0.25, 0.3) is 88.1 Å². The lowest BCUT2D eigenvalue weighted by Gasteiger charge is -2.20. The van der Waals surface area contributed by atoms with Gasteiger partial charge < -0.3 is 0 Å². The first-order valence-electron chi connectivity index (χ1n) is 14.5. The average molecular weight is 532 g/mol. The summed E-state index contributed by atoms with van der Waals surface area (Å²) in [6.45, 7) is 0. The average Bonchev–Trinajstić information content (AvgIpc) is 3.39. The molecule has 1 heteroatoms. The summed E-state index contributed by atoms with van der Waals surface area (Å²) >= 11 is 0. The van der Waals surface area contributed by atoms with E-state index in [9.17, 15) is 0 Å². The van der Waals surface area contributed by atoms with Crippen molar-refractivity contribution in [1.82, 2.24) is 4.98 Å². The van der Waals surface area contributed by atoms with Crippen LogP contribution in [0.3, 0.4) is 0 Å². The highest BCUT2D eigenvalue weighted by molar-refractivity contribution is 6.28. The maximum atomic E-state index is 4.65. The third-order valence-corrected chi connectivity index (χ3v) is 8.84. The maximum absolute atomic E-state index is 4.65. The summed E-state index contributed by atoms with van der Waals surface area (Å²) in [5, 5.41) is 6.33. The van der Waals surface area contributed by atoms with E-state index in [1.165, 1.54) is 77.2 Å². The lowest BCUT2D eigenvalue weighted by Crippen LogP contribution is -1.93. The number of benzene rings is 7. The monoisotopic (exact) mass is 531 g/mol. The number of hydrogen-bond acceptors (Lipinski definition) is 1. The molecule has 0 saturated carbocycles.